The maximum absolute atomic E-state index is 9.18. The molecule has 23 heavy (non-hydrogen) atoms. The first-order valence-electron chi connectivity index (χ1n) is 9.62. The van der Waals surface area contributed by atoms with Gasteiger partial charge in [-0.25, -0.2) is 0 Å². The van der Waals surface area contributed by atoms with Gasteiger partial charge in [0.1, 0.15) is 0 Å². The minimum Gasteiger partial charge on any atom is -1.00 e. The number of quaternary nitrogens is 1. The number of hydrogen-bond acceptors (Lipinski definition) is 2. The number of hydrogen-bond donors (Lipinski definition) is 2. The third-order valence-electron chi connectivity index (χ3n) is 5.00. The smallest absolute Gasteiger partial charge is 0.0930 e. The molecule has 0 aromatic rings. The van der Waals surface area contributed by atoms with Crippen molar-refractivity contribution in [2.24, 2.45) is 0 Å². The van der Waals surface area contributed by atoms with E-state index in [0.29, 0.717) is 6.04 Å². The van der Waals surface area contributed by atoms with Crippen molar-refractivity contribution in [2.75, 3.05) is 33.9 Å². The molecule has 0 saturated heterocycles. The number of halogens is 1. The fourth-order valence-corrected chi connectivity index (χ4v) is 3.33. The lowest BCUT2D eigenvalue weighted by atomic mass is 10.0. The van der Waals surface area contributed by atoms with Crippen LogP contribution in [0.3, 0.4) is 0 Å². The number of aliphatic hydroxyl groups is 2. The molecular formula is C19H42BrNO2. The Morgan fingerprint density at radius 1 is 0.696 bits per heavy atom. The number of unbranched alkanes of at least 4 members (excludes halogenated alkanes) is 9. The zero-order valence-corrected chi connectivity index (χ0v) is 17.5. The second kappa shape index (κ2) is 17.2. The highest BCUT2D eigenvalue weighted by molar-refractivity contribution is 4.58. The fraction of sp³-hybridized carbons (Fsp3) is 1.00. The second-order valence-corrected chi connectivity index (χ2v) is 7.36. The van der Waals surface area contributed by atoms with E-state index in [1.165, 1.54) is 64.2 Å². The first-order chi connectivity index (χ1) is 10.6. The summed E-state index contributed by atoms with van der Waals surface area (Å²) in [6.45, 7) is 3.88. The highest BCUT2D eigenvalue weighted by Gasteiger charge is 2.26. The van der Waals surface area contributed by atoms with Gasteiger partial charge in [-0.15, -0.1) is 0 Å². The van der Waals surface area contributed by atoms with Crippen molar-refractivity contribution in [1.82, 2.24) is 0 Å². The molecule has 0 rings (SSSR count). The maximum Gasteiger partial charge on any atom is 0.0930 e. The maximum atomic E-state index is 9.18. The second-order valence-electron chi connectivity index (χ2n) is 7.36. The molecule has 0 aliphatic carbocycles. The normalized spacial score (nSPS) is 11.7. The summed E-state index contributed by atoms with van der Waals surface area (Å²) in [6.07, 6.45) is 15.3. The molecule has 0 radical (unpaired) electrons. The van der Waals surface area contributed by atoms with E-state index in [1.807, 2.05) is 0 Å². The SMILES string of the molecule is CCCCCCCCCCCC[N+](C)(C)C(CCO)CCO.[Br-]. The van der Waals surface area contributed by atoms with Crippen molar-refractivity contribution in [3.63, 3.8) is 0 Å². The van der Waals surface area contributed by atoms with Gasteiger partial charge in [0, 0.05) is 26.1 Å². The van der Waals surface area contributed by atoms with Gasteiger partial charge in [0.25, 0.3) is 0 Å². The molecule has 142 valence electrons. The number of rotatable bonds is 16. The van der Waals surface area contributed by atoms with Gasteiger partial charge in [0.15, 0.2) is 0 Å². The van der Waals surface area contributed by atoms with Crippen molar-refractivity contribution in [1.29, 1.82) is 0 Å². The summed E-state index contributed by atoms with van der Waals surface area (Å²) in [4.78, 5) is 0. The topological polar surface area (TPSA) is 40.5 Å². The van der Waals surface area contributed by atoms with Crippen molar-refractivity contribution in [3.8, 4) is 0 Å². The Morgan fingerprint density at radius 3 is 1.48 bits per heavy atom. The van der Waals surface area contributed by atoms with Crippen molar-refractivity contribution in [2.45, 2.75) is 90.0 Å². The van der Waals surface area contributed by atoms with Crippen LogP contribution in [0.15, 0.2) is 0 Å². The molecular weight excluding hydrogens is 354 g/mol. The van der Waals surface area contributed by atoms with Crippen molar-refractivity contribution < 1.29 is 31.7 Å². The summed E-state index contributed by atoms with van der Waals surface area (Å²) in [6, 6.07) is 0.383. The third kappa shape index (κ3) is 14.4. The fourth-order valence-electron chi connectivity index (χ4n) is 3.33. The van der Waals surface area contributed by atoms with Gasteiger partial charge in [-0.3, -0.25) is 0 Å². The summed E-state index contributed by atoms with van der Waals surface area (Å²) in [5.41, 5.74) is 0. The largest absolute Gasteiger partial charge is 1.00 e. The number of nitrogens with zero attached hydrogens (tertiary/aromatic N) is 1. The lowest BCUT2D eigenvalue weighted by Gasteiger charge is -2.38. The first-order valence-corrected chi connectivity index (χ1v) is 9.62. The van der Waals surface area contributed by atoms with Crippen LogP contribution >= 0.6 is 0 Å². The summed E-state index contributed by atoms with van der Waals surface area (Å²) >= 11 is 0. The van der Waals surface area contributed by atoms with Crippen LogP contribution in [-0.4, -0.2) is 54.6 Å². The monoisotopic (exact) mass is 395 g/mol. The van der Waals surface area contributed by atoms with Gasteiger partial charge in [0.2, 0.25) is 0 Å². The molecule has 0 heterocycles. The number of aliphatic hydroxyl groups excluding tert-OH is 2. The van der Waals surface area contributed by atoms with E-state index in [-0.39, 0.29) is 30.2 Å². The van der Waals surface area contributed by atoms with E-state index in [4.69, 9.17) is 0 Å². The standard InChI is InChI=1S/C19H42NO2.BrH/c1-4-5-6-7-8-9-10-11-12-13-16-20(2,3)19(14-17-21)15-18-22;/h19,21-22H,4-18H2,1-3H3;1H/q+1;/p-1. The van der Waals surface area contributed by atoms with Crippen LogP contribution in [0.5, 0.6) is 0 Å². The average Bonchev–Trinajstić information content (AvgIpc) is 2.49. The van der Waals surface area contributed by atoms with Gasteiger partial charge in [0.05, 0.1) is 26.7 Å². The Bertz CT molecular complexity index is 231. The summed E-state index contributed by atoms with van der Waals surface area (Å²) in [7, 11) is 4.48. The lowest BCUT2D eigenvalue weighted by molar-refractivity contribution is -0.916. The minimum atomic E-state index is 0. The molecule has 0 atom stereocenters. The summed E-state index contributed by atoms with van der Waals surface area (Å²) < 4.78 is 0.929. The van der Waals surface area contributed by atoms with Crippen LogP contribution in [0, 0.1) is 0 Å². The Kier molecular flexibility index (Phi) is 19.1. The van der Waals surface area contributed by atoms with Gasteiger partial charge in [-0.1, -0.05) is 58.3 Å². The Hall–Kier alpha value is 0.360. The lowest BCUT2D eigenvalue weighted by Crippen LogP contribution is -3.00. The molecule has 0 unspecified atom stereocenters. The zero-order valence-electron chi connectivity index (χ0n) is 15.9. The van der Waals surface area contributed by atoms with Crippen molar-refractivity contribution >= 4 is 0 Å². The summed E-state index contributed by atoms with van der Waals surface area (Å²) in [5.74, 6) is 0. The van der Waals surface area contributed by atoms with Gasteiger partial charge in [-0.2, -0.15) is 0 Å². The van der Waals surface area contributed by atoms with Gasteiger partial charge < -0.3 is 31.7 Å². The highest BCUT2D eigenvalue weighted by atomic mass is 79.9. The predicted molar refractivity (Wildman–Crippen MR) is 96.0 cm³/mol. The van der Waals surface area contributed by atoms with E-state index in [0.717, 1.165) is 23.9 Å². The van der Waals surface area contributed by atoms with Crippen LogP contribution < -0.4 is 17.0 Å². The molecule has 0 bridgehead atoms. The molecule has 3 nitrogen and oxygen atoms in total. The van der Waals surface area contributed by atoms with E-state index < -0.39 is 0 Å². The molecule has 4 heteroatoms. The quantitative estimate of drug-likeness (QED) is 0.303. The van der Waals surface area contributed by atoms with Crippen LogP contribution in [0.25, 0.3) is 0 Å². The van der Waals surface area contributed by atoms with E-state index in [2.05, 4.69) is 21.0 Å². The molecule has 2 N–H and O–H groups in total. The van der Waals surface area contributed by atoms with Crippen LogP contribution in [0.2, 0.25) is 0 Å². The van der Waals surface area contributed by atoms with Gasteiger partial charge in [-0.05, 0) is 12.8 Å². The first kappa shape index (κ1) is 25.6. The third-order valence-corrected chi connectivity index (χ3v) is 5.00. The van der Waals surface area contributed by atoms with E-state index in [9.17, 15) is 10.2 Å². The molecule has 0 aromatic heterocycles. The predicted octanol–water partition coefficient (Wildman–Crippen LogP) is 1.12. The van der Waals surface area contributed by atoms with Crippen LogP contribution in [0.1, 0.15) is 84.0 Å². The average molecular weight is 396 g/mol. The minimum absolute atomic E-state index is 0. The molecule has 0 fully saturated rings. The van der Waals surface area contributed by atoms with E-state index >= 15 is 0 Å². The Balaban J connectivity index is 0. The Morgan fingerprint density at radius 2 is 1.09 bits per heavy atom. The van der Waals surface area contributed by atoms with Crippen LogP contribution in [-0.2, 0) is 0 Å². The highest BCUT2D eigenvalue weighted by Crippen LogP contribution is 2.17. The molecule has 0 aliphatic rings. The molecule has 0 aliphatic heterocycles. The Labute approximate surface area is 155 Å². The molecule has 0 saturated carbocycles. The van der Waals surface area contributed by atoms with Gasteiger partial charge >= 0.3 is 0 Å². The molecule has 0 amide bonds. The van der Waals surface area contributed by atoms with Crippen LogP contribution in [0.4, 0.5) is 0 Å². The zero-order chi connectivity index (χ0) is 16.7. The molecule has 0 aromatic carbocycles. The van der Waals surface area contributed by atoms with E-state index in [1.54, 1.807) is 0 Å². The summed E-state index contributed by atoms with van der Waals surface area (Å²) in [5, 5.41) is 18.4. The molecule has 0 spiro atoms. The van der Waals surface area contributed by atoms with Crippen molar-refractivity contribution in [3.05, 3.63) is 0 Å².